The van der Waals surface area contributed by atoms with Crippen LogP contribution in [0.4, 0.5) is 0 Å². The van der Waals surface area contributed by atoms with E-state index in [0.717, 1.165) is 40.5 Å². The summed E-state index contributed by atoms with van der Waals surface area (Å²) in [5.74, 6) is 0.0544. The Hall–Kier alpha value is -1.46. The molecule has 1 aromatic carbocycles. The zero-order chi connectivity index (χ0) is 15.0. The zero-order valence-corrected chi connectivity index (χ0v) is 13.6. The highest BCUT2D eigenvalue weighted by atomic mass is 79.9. The van der Waals surface area contributed by atoms with Crippen molar-refractivity contribution in [3.05, 3.63) is 40.0 Å². The highest BCUT2D eigenvalue weighted by Gasteiger charge is 2.24. The van der Waals surface area contributed by atoms with Crippen LogP contribution in [0.1, 0.15) is 28.9 Å². The average molecular weight is 348 g/mol. The molecule has 1 aliphatic heterocycles. The first-order chi connectivity index (χ1) is 10.0. The van der Waals surface area contributed by atoms with Crippen molar-refractivity contribution in [3.63, 3.8) is 0 Å². The Morgan fingerprint density at radius 1 is 1.43 bits per heavy atom. The molecular formula is C16H18BrN3O. The fourth-order valence-corrected chi connectivity index (χ4v) is 3.23. The Labute approximate surface area is 132 Å². The number of pyridine rings is 1. The highest BCUT2D eigenvalue weighted by Crippen LogP contribution is 2.24. The van der Waals surface area contributed by atoms with E-state index in [1.165, 1.54) is 0 Å². The van der Waals surface area contributed by atoms with Crippen LogP contribution < -0.4 is 5.73 Å². The Morgan fingerprint density at radius 2 is 2.24 bits per heavy atom. The Kier molecular flexibility index (Phi) is 3.95. The number of carbonyl (C=O) groups is 1. The number of piperidine rings is 1. The molecule has 0 unspecified atom stereocenters. The minimum Gasteiger partial charge on any atom is -0.337 e. The lowest BCUT2D eigenvalue weighted by Gasteiger charge is -2.31. The molecule has 3 rings (SSSR count). The van der Waals surface area contributed by atoms with Crippen molar-refractivity contribution in [2.24, 2.45) is 5.73 Å². The van der Waals surface area contributed by atoms with E-state index < -0.39 is 0 Å². The van der Waals surface area contributed by atoms with Gasteiger partial charge in [0, 0.05) is 34.7 Å². The molecule has 1 amide bonds. The van der Waals surface area contributed by atoms with Crippen LogP contribution in [-0.2, 0) is 0 Å². The third-order valence-electron chi connectivity index (χ3n) is 3.87. The number of benzene rings is 1. The quantitative estimate of drug-likeness (QED) is 0.862. The summed E-state index contributed by atoms with van der Waals surface area (Å²) in [6, 6.07) is 7.80. The second kappa shape index (κ2) is 5.73. The minimum absolute atomic E-state index is 0.0544. The number of rotatable bonds is 1. The van der Waals surface area contributed by atoms with Crippen LogP contribution in [0.3, 0.4) is 0 Å². The van der Waals surface area contributed by atoms with Crippen molar-refractivity contribution in [1.29, 1.82) is 0 Å². The number of aryl methyl sites for hydroxylation is 1. The second-order valence-corrected chi connectivity index (χ2v) is 6.54. The van der Waals surface area contributed by atoms with Gasteiger partial charge < -0.3 is 10.6 Å². The van der Waals surface area contributed by atoms with Gasteiger partial charge in [-0.25, -0.2) is 0 Å². The maximum Gasteiger partial charge on any atom is 0.254 e. The second-order valence-electron chi connectivity index (χ2n) is 5.63. The van der Waals surface area contributed by atoms with Gasteiger partial charge in [-0.2, -0.15) is 0 Å². The van der Waals surface area contributed by atoms with Gasteiger partial charge in [0.15, 0.2) is 0 Å². The van der Waals surface area contributed by atoms with Gasteiger partial charge in [0.1, 0.15) is 0 Å². The third kappa shape index (κ3) is 2.94. The van der Waals surface area contributed by atoms with Crippen molar-refractivity contribution in [2.45, 2.75) is 25.8 Å². The molecule has 1 aliphatic rings. The fourth-order valence-electron chi connectivity index (χ4n) is 2.87. The van der Waals surface area contributed by atoms with Gasteiger partial charge in [-0.05, 0) is 44.0 Å². The molecule has 0 saturated carbocycles. The first kappa shape index (κ1) is 14.5. The van der Waals surface area contributed by atoms with E-state index >= 15 is 0 Å². The number of hydrogen-bond acceptors (Lipinski definition) is 3. The number of hydrogen-bond donors (Lipinski definition) is 1. The molecule has 0 spiro atoms. The summed E-state index contributed by atoms with van der Waals surface area (Å²) in [7, 11) is 0. The molecule has 1 fully saturated rings. The highest BCUT2D eigenvalue weighted by molar-refractivity contribution is 9.10. The molecule has 4 nitrogen and oxygen atoms in total. The van der Waals surface area contributed by atoms with Crippen molar-refractivity contribution in [3.8, 4) is 0 Å². The molecule has 2 heterocycles. The predicted molar refractivity (Wildman–Crippen MR) is 87.3 cm³/mol. The number of nitrogens with two attached hydrogens (primary N) is 1. The van der Waals surface area contributed by atoms with E-state index in [-0.39, 0.29) is 11.9 Å². The van der Waals surface area contributed by atoms with Gasteiger partial charge in [0.25, 0.3) is 5.91 Å². The molecule has 110 valence electrons. The summed E-state index contributed by atoms with van der Waals surface area (Å²) in [5.41, 5.74) is 8.42. The summed E-state index contributed by atoms with van der Waals surface area (Å²) in [4.78, 5) is 19.2. The van der Waals surface area contributed by atoms with E-state index in [1.807, 2.05) is 36.1 Å². The molecule has 5 heteroatoms. The number of fused-ring (bicyclic) bond motifs is 1. The smallest absolute Gasteiger partial charge is 0.254 e. The molecule has 1 saturated heterocycles. The standard InChI is InChI=1S/C16H18BrN3O/c1-10-7-14(13-8-11(17)4-5-15(13)19-10)16(21)20-6-2-3-12(18)9-20/h4-5,7-8,12H,2-3,6,9,18H2,1H3/t12-/m1/s1. The van der Waals surface area contributed by atoms with Crippen molar-refractivity contribution < 1.29 is 4.79 Å². The first-order valence-corrected chi connectivity index (χ1v) is 7.95. The number of aromatic nitrogens is 1. The number of likely N-dealkylation sites (tertiary alicyclic amines) is 1. The predicted octanol–water partition coefficient (Wildman–Crippen LogP) is 2.87. The third-order valence-corrected chi connectivity index (χ3v) is 4.37. The minimum atomic E-state index is 0.0544. The maximum absolute atomic E-state index is 12.9. The number of amides is 1. The number of nitrogens with zero attached hydrogens (tertiary/aromatic N) is 2. The first-order valence-electron chi connectivity index (χ1n) is 7.16. The summed E-state index contributed by atoms with van der Waals surface area (Å²) in [6.45, 7) is 3.33. The molecule has 2 aromatic rings. The molecule has 21 heavy (non-hydrogen) atoms. The van der Waals surface area contributed by atoms with Gasteiger partial charge in [0.05, 0.1) is 11.1 Å². The summed E-state index contributed by atoms with van der Waals surface area (Å²) < 4.78 is 0.949. The lowest BCUT2D eigenvalue weighted by molar-refractivity contribution is 0.0710. The largest absolute Gasteiger partial charge is 0.337 e. The van der Waals surface area contributed by atoms with Crippen LogP contribution in [0, 0.1) is 6.92 Å². The van der Waals surface area contributed by atoms with E-state index in [1.54, 1.807) is 0 Å². The Balaban J connectivity index is 2.06. The summed E-state index contributed by atoms with van der Waals surface area (Å²) in [5, 5.41) is 0.888. The SMILES string of the molecule is Cc1cc(C(=O)N2CCC[C@@H](N)C2)c2cc(Br)ccc2n1. The van der Waals surface area contributed by atoms with Gasteiger partial charge in [-0.1, -0.05) is 15.9 Å². The number of carbonyl (C=O) groups excluding carboxylic acids is 1. The van der Waals surface area contributed by atoms with Crippen LogP contribution in [0.25, 0.3) is 10.9 Å². The Bertz CT molecular complexity index is 701. The lowest BCUT2D eigenvalue weighted by Crippen LogP contribution is -2.45. The van der Waals surface area contributed by atoms with Crippen LogP contribution in [0.15, 0.2) is 28.7 Å². The molecule has 1 aromatic heterocycles. The lowest BCUT2D eigenvalue weighted by atomic mass is 10.0. The molecule has 1 atom stereocenters. The summed E-state index contributed by atoms with van der Waals surface area (Å²) in [6.07, 6.45) is 1.96. The van der Waals surface area contributed by atoms with E-state index in [4.69, 9.17) is 5.73 Å². The fraction of sp³-hybridized carbons (Fsp3) is 0.375. The molecule has 0 radical (unpaired) electrons. The van der Waals surface area contributed by atoms with Gasteiger partial charge in [0.2, 0.25) is 0 Å². The van der Waals surface area contributed by atoms with Crippen LogP contribution in [-0.4, -0.2) is 34.9 Å². The Morgan fingerprint density at radius 3 is 3.00 bits per heavy atom. The molecule has 0 bridgehead atoms. The molecular weight excluding hydrogens is 330 g/mol. The van der Waals surface area contributed by atoms with E-state index in [9.17, 15) is 4.79 Å². The van der Waals surface area contributed by atoms with Gasteiger partial charge in [-0.15, -0.1) is 0 Å². The topological polar surface area (TPSA) is 59.2 Å². The van der Waals surface area contributed by atoms with Crippen molar-refractivity contribution in [2.75, 3.05) is 13.1 Å². The van der Waals surface area contributed by atoms with E-state index in [0.29, 0.717) is 12.1 Å². The monoisotopic (exact) mass is 347 g/mol. The normalized spacial score (nSPS) is 19.0. The van der Waals surface area contributed by atoms with E-state index in [2.05, 4.69) is 20.9 Å². The van der Waals surface area contributed by atoms with Crippen molar-refractivity contribution in [1.82, 2.24) is 9.88 Å². The van der Waals surface area contributed by atoms with Crippen molar-refractivity contribution >= 4 is 32.7 Å². The average Bonchev–Trinajstić information content (AvgIpc) is 2.46. The zero-order valence-electron chi connectivity index (χ0n) is 12.0. The molecule has 0 aliphatic carbocycles. The number of halogens is 1. The van der Waals surface area contributed by atoms with Crippen LogP contribution in [0.2, 0.25) is 0 Å². The van der Waals surface area contributed by atoms with Crippen LogP contribution in [0.5, 0.6) is 0 Å². The van der Waals surface area contributed by atoms with Gasteiger partial charge >= 0.3 is 0 Å². The van der Waals surface area contributed by atoms with Crippen LogP contribution >= 0.6 is 15.9 Å². The molecule has 2 N–H and O–H groups in total. The summed E-state index contributed by atoms with van der Waals surface area (Å²) >= 11 is 3.47. The maximum atomic E-state index is 12.9. The van der Waals surface area contributed by atoms with Gasteiger partial charge in [-0.3, -0.25) is 9.78 Å².